The van der Waals surface area contributed by atoms with Crippen molar-refractivity contribution >= 4 is 10.8 Å². The molecule has 4 heteroatoms. The molecule has 2 fully saturated rings. The minimum atomic E-state index is -0.521. The Labute approximate surface area is 101 Å². The van der Waals surface area contributed by atoms with Crippen molar-refractivity contribution in [2.45, 2.75) is 38.1 Å². The van der Waals surface area contributed by atoms with Crippen molar-refractivity contribution in [3.05, 3.63) is 0 Å². The largest absolute Gasteiger partial charge is 0.314 e. The first kappa shape index (κ1) is 12.5. The van der Waals surface area contributed by atoms with Gasteiger partial charge in [0.1, 0.15) is 0 Å². The van der Waals surface area contributed by atoms with Gasteiger partial charge in [-0.2, -0.15) is 0 Å². The van der Waals surface area contributed by atoms with Gasteiger partial charge in [-0.3, -0.25) is 4.21 Å². The van der Waals surface area contributed by atoms with E-state index in [2.05, 4.69) is 10.2 Å². The lowest BCUT2D eigenvalue weighted by atomic mass is 10.2. The van der Waals surface area contributed by atoms with E-state index in [9.17, 15) is 4.21 Å². The standard InChI is InChI=1S/C12H24N2OS/c15-16-10-8-14(9-11-16)7-3-1-2-6-13-12-4-5-12/h12-13H,1-11H2. The highest BCUT2D eigenvalue weighted by atomic mass is 32.2. The predicted molar refractivity (Wildman–Crippen MR) is 69.2 cm³/mol. The highest BCUT2D eigenvalue weighted by molar-refractivity contribution is 7.85. The van der Waals surface area contributed by atoms with Gasteiger partial charge in [0, 0.05) is 41.4 Å². The molecule has 0 radical (unpaired) electrons. The second-order valence-electron chi connectivity index (χ2n) is 4.98. The zero-order valence-corrected chi connectivity index (χ0v) is 10.9. The number of nitrogens with zero attached hydrogens (tertiary/aromatic N) is 1. The average molecular weight is 244 g/mol. The van der Waals surface area contributed by atoms with Crippen LogP contribution in [0, 0.1) is 0 Å². The van der Waals surface area contributed by atoms with Crippen LogP contribution in [-0.2, 0) is 10.8 Å². The first-order valence-corrected chi connectivity index (χ1v) is 8.14. The van der Waals surface area contributed by atoms with Crippen molar-refractivity contribution in [1.82, 2.24) is 10.2 Å². The molecule has 0 amide bonds. The first-order chi connectivity index (χ1) is 7.84. The lowest BCUT2D eigenvalue weighted by Gasteiger charge is -2.25. The molecular formula is C12H24N2OS. The van der Waals surface area contributed by atoms with Crippen LogP contribution in [0.15, 0.2) is 0 Å². The van der Waals surface area contributed by atoms with E-state index in [1.54, 1.807) is 0 Å². The van der Waals surface area contributed by atoms with Gasteiger partial charge < -0.3 is 10.2 Å². The van der Waals surface area contributed by atoms with E-state index in [0.717, 1.165) is 30.6 Å². The fraction of sp³-hybridized carbons (Fsp3) is 1.00. The van der Waals surface area contributed by atoms with Gasteiger partial charge in [-0.25, -0.2) is 0 Å². The highest BCUT2D eigenvalue weighted by Crippen LogP contribution is 2.18. The number of rotatable bonds is 7. The summed E-state index contributed by atoms with van der Waals surface area (Å²) < 4.78 is 11.2. The van der Waals surface area contributed by atoms with E-state index in [-0.39, 0.29) is 0 Å². The van der Waals surface area contributed by atoms with Gasteiger partial charge in [0.15, 0.2) is 0 Å². The molecule has 1 N–H and O–H groups in total. The first-order valence-electron chi connectivity index (χ1n) is 6.65. The number of hydrogen-bond donors (Lipinski definition) is 1. The van der Waals surface area contributed by atoms with Gasteiger partial charge in [-0.05, 0) is 38.8 Å². The summed E-state index contributed by atoms with van der Waals surface area (Å²) in [6, 6.07) is 0.858. The van der Waals surface area contributed by atoms with Crippen molar-refractivity contribution in [1.29, 1.82) is 0 Å². The van der Waals surface area contributed by atoms with Gasteiger partial charge in [0.25, 0.3) is 0 Å². The molecule has 0 bridgehead atoms. The molecule has 1 aliphatic heterocycles. The van der Waals surface area contributed by atoms with Gasteiger partial charge in [-0.15, -0.1) is 0 Å². The zero-order chi connectivity index (χ0) is 11.2. The van der Waals surface area contributed by atoms with Gasteiger partial charge >= 0.3 is 0 Å². The van der Waals surface area contributed by atoms with Crippen LogP contribution in [0.25, 0.3) is 0 Å². The monoisotopic (exact) mass is 244 g/mol. The van der Waals surface area contributed by atoms with Crippen molar-refractivity contribution < 1.29 is 4.21 Å². The predicted octanol–water partition coefficient (Wildman–Crippen LogP) is 0.973. The van der Waals surface area contributed by atoms with E-state index in [1.807, 2.05) is 0 Å². The quantitative estimate of drug-likeness (QED) is 0.677. The molecule has 1 heterocycles. The van der Waals surface area contributed by atoms with Crippen LogP contribution in [0.1, 0.15) is 32.1 Å². The fourth-order valence-electron chi connectivity index (χ4n) is 2.13. The Kier molecular flexibility index (Phi) is 5.26. The molecule has 1 aliphatic carbocycles. The summed E-state index contributed by atoms with van der Waals surface area (Å²) in [7, 11) is -0.521. The Morgan fingerprint density at radius 3 is 2.56 bits per heavy atom. The summed E-state index contributed by atoms with van der Waals surface area (Å²) >= 11 is 0. The van der Waals surface area contributed by atoms with Crippen LogP contribution in [0.3, 0.4) is 0 Å². The zero-order valence-electron chi connectivity index (χ0n) is 10.1. The molecule has 0 unspecified atom stereocenters. The molecule has 3 nitrogen and oxygen atoms in total. The van der Waals surface area contributed by atoms with Crippen LogP contribution in [0.4, 0.5) is 0 Å². The molecule has 16 heavy (non-hydrogen) atoms. The maximum absolute atomic E-state index is 11.2. The third-order valence-electron chi connectivity index (χ3n) is 3.43. The van der Waals surface area contributed by atoms with Crippen LogP contribution in [0.2, 0.25) is 0 Å². The van der Waals surface area contributed by atoms with E-state index in [1.165, 1.54) is 45.2 Å². The van der Waals surface area contributed by atoms with Gasteiger partial charge in [0.2, 0.25) is 0 Å². The summed E-state index contributed by atoms with van der Waals surface area (Å²) in [4.78, 5) is 2.47. The summed E-state index contributed by atoms with van der Waals surface area (Å²) in [5.41, 5.74) is 0. The molecular weight excluding hydrogens is 220 g/mol. The maximum atomic E-state index is 11.2. The molecule has 94 valence electrons. The summed E-state index contributed by atoms with van der Waals surface area (Å²) in [5.74, 6) is 1.78. The maximum Gasteiger partial charge on any atom is 0.0363 e. The van der Waals surface area contributed by atoms with Crippen LogP contribution >= 0.6 is 0 Å². The molecule has 0 aromatic carbocycles. The topological polar surface area (TPSA) is 32.3 Å². The second-order valence-corrected chi connectivity index (χ2v) is 6.67. The van der Waals surface area contributed by atoms with E-state index in [0.29, 0.717) is 0 Å². The van der Waals surface area contributed by atoms with Gasteiger partial charge in [-0.1, -0.05) is 6.42 Å². The van der Waals surface area contributed by atoms with E-state index in [4.69, 9.17) is 0 Å². The Morgan fingerprint density at radius 1 is 1.12 bits per heavy atom. The van der Waals surface area contributed by atoms with Crippen molar-refractivity contribution in [3.8, 4) is 0 Å². The molecule has 1 saturated carbocycles. The minimum Gasteiger partial charge on any atom is -0.314 e. The molecule has 0 aromatic heterocycles. The number of unbranched alkanes of at least 4 members (excludes halogenated alkanes) is 2. The van der Waals surface area contributed by atoms with Crippen molar-refractivity contribution in [2.75, 3.05) is 37.7 Å². The Hall–Kier alpha value is 0.0700. The lowest BCUT2D eigenvalue weighted by molar-refractivity contribution is 0.291. The van der Waals surface area contributed by atoms with Crippen molar-refractivity contribution in [2.24, 2.45) is 0 Å². The van der Waals surface area contributed by atoms with E-state index < -0.39 is 10.8 Å². The lowest BCUT2D eigenvalue weighted by Crippen LogP contribution is -2.38. The summed E-state index contributed by atoms with van der Waals surface area (Å²) in [6.45, 7) is 4.51. The fourth-order valence-corrected chi connectivity index (χ4v) is 3.26. The summed E-state index contributed by atoms with van der Waals surface area (Å²) in [6.07, 6.45) is 6.74. The second kappa shape index (κ2) is 6.72. The SMILES string of the molecule is O=S1CCN(CCCCCNC2CC2)CC1. The third-order valence-corrected chi connectivity index (χ3v) is 4.71. The Balaban J connectivity index is 1.40. The number of hydrogen-bond acceptors (Lipinski definition) is 3. The van der Waals surface area contributed by atoms with Crippen molar-refractivity contribution in [3.63, 3.8) is 0 Å². The highest BCUT2D eigenvalue weighted by Gasteiger charge is 2.19. The smallest absolute Gasteiger partial charge is 0.0363 e. The van der Waals surface area contributed by atoms with Gasteiger partial charge in [0.05, 0.1) is 0 Å². The third kappa shape index (κ3) is 4.93. The molecule has 2 rings (SSSR count). The number of nitrogens with one attached hydrogen (secondary N) is 1. The molecule has 2 aliphatic rings. The Morgan fingerprint density at radius 2 is 1.88 bits per heavy atom. The van der Waals surface area contributed by atoms with E-state index >= 15 is 0 Å². The molecule has 1 saturated heterocycles. The van der Waals surface area contributed by atoms with Crippen LogP contribution in [0.5, 0.6) is 0 Å². The minimum absolute atomic E-state index is 0.521. The normalized spacial score (nSPS) is 23.8. The Bertz CT molecular complexity index is 221. The van der Waals surface area contributed by atoms with Crippen LogP contribution < -0.4 is 5.32 Å². The van der Waals surface area contributed by atoms with Crippen LogP contribution in [-0.4, -0.2) is 52.8 Å². The molecule has 0 atom stereocenters. The average Bonchev–Trinajstić information content (AvgIpc) is 3.10. The molecule has 0 aromatic rings. The summed E-state index contributed by atoms with van der Waals surface area (Å²) in [5, 5.41) is 3.55. The molecule has 0 spiro atoms.